The molecule has 102 valence electrons. The smallest absolute Gasteiger partial charge is 0.00475 e. The van der Waals surface area contributed by atoms with Crippen LogP contribution in [-0.4, -0.2) is 38.1 Å². The van der Waals surface area contributed by atoms with Gasteiger partial charge in [-0.3, -0.25) is 0 Å². The predicted octanol–water partition coefficient (Wildman–Crippen LogP) is 3.13. The van der Waals surface area contributed by atoms with Crippen LogP contribution in [0.5, 0.6) is 0 Å². The van der Waals surface area contributed by atoms with Crippen molar-refractivity contribution in [2.24, 2.45) is 11.3 Å². The molecule has 1 rings (SSSR count). The van der Waals surface area contributed by atoms with Crippen molar-refractivity contribution in [3.8, 4) is 0 Å². The largest absolute Gasteiger partial charge is 0.319 e. The van der Waals surface area contributed by atoms with E-state index in [9.17, 15) is 0 Å². The summed E-state index contributed by atoms with van der Waals surface area (Å²) in [6.07, 6.45) is 6.83. The lowest BCUT2D eigenvalue weighted by atomic mass is 9.84. The summed E-state index contributed by atoms with van der Waals surface area (Å²) in [5.74, 6) is 0.932. The SMILES string of the molecule is CCCC(C)(CNC)CN1CCCC(C)CC1. The van der Waals surface area contributed by atoms with E-state index >= 15 is 0 Å². The van der Waals surface area contributed by atoms with Crippen LogP contribution in [-0.2, 0) is 0 Å². The third-order valence-corrected chi connectivity index (χ3v) is 4.17. The summed E-state index contributed by atoms with van der Waals surface area (Å²) in [6.45, 7) is 12.2. The van der Waals surface area contributed by atoms with Gasteiger partial charge in [0.15, 0.2) is 0 Å². The van der Waals surface area contributed by atoms with E-state index in [0.717, 1.165) is 12.5 Å². The van der Waals surface area contributed by atoms with Gasteiger partial charge in [-0.05, 0) is 57.2 Å². The molecule has 2 heteroatoms. The molecule has 2 nitrogen and oxygen atoms in total. The number of hydrogen-bond donors (Lipinski definition) is 1. The average Bonchev–Trinajstić information content (AvgIpc) is 2.44. The Balaban J connectivity index is 2.47. The van der Waals surface area contributed by atoms with Crippen LogP contribution in [0, 0.1) is 11.3 Å². The highest BCUT2D eigenvalue weighted by molar-refractivity contribution is 4.81. The molecule has 0 aliphatic carbocycles. The van der Waals surface area contributed by atoms with Crippen molar-refractivity contribution in [1.82, 2.24) is 10.2 Å². The van der Waals surface area contributed by atoms with Gasteiger partial charge < -0.3 is 10.2 Å². The van der Waals surface area contributed by atoms with E-state index in [1.807, 2.05) is 0 Å². The number of likely N-dealkylation sites (tertiary alicyclic amines) is 1. The van der Waals surface area contributed by atoms with Gasteiger partial charge in [0.2, 0.25) is 0 Å². The molecular formula is C15H32N2. The normalized spacial score (nSPS) is 26.5. The van der Waals surface area contributed by atoms with Gasteiger partial charge in [0, 0.05) is 13.1 Å². The first-order valence-corrected chi connectivity index (χ1v) is 7.46. The van der Waals surface area contributed by atoms with Crippen molar-refractivity contribution in [1.29, 1.82) is 0 Å². The van der Waals surface area contributed by atoms with E-state index in [0.29, 0.717) is 5.41 Å². The summed E-state index contributed by atoms with van der Waals surface area (Å²) in [5.41, 5.74) is 0.455. The fraction of sp³-hybridized carbons (Fsp3) is 1.00. The van der Waals surface area contributed by atoms with E-state index in [2.05, 4.69) is 38.0 Å². The van der Waals surface area contributed by atoms with Gasteiger partial charge in [-0.25, -0.2) is 0 Å². The van der Waals surface area contributed by atoms with Crippen LogP contribution < -0.4 is 5.32 Å². The van der Waals surface area contributed by atoms with Crippen molar-refractivity contribution in [2.75, 3.05) is 33.2 Å². The molecule has 0 aromatic carbocycles. The molecule has 0 saturated carbocycles. The molecular weight excluding hydrogens is 208 g/mol. The van der Waals surface area contributed by atoms with E-state index in [1.54, 1.807) is 0 Å². The van der Waals surface area contributed by atoms with Gasteiger partial charge in [0.25, 0.3) is 0 Å². The van der Waals surface area contributed by atoms with Crippen LogP contribution in [0.25, 0.3) is 0 Å². The Morgan fingerprint density at radius 2 is 2.06 bits per heavy atom. The summed E-state index contributed by atoms with van der Waals surface area (Å²) in [7, 11) is 2.08. The minimum Gasteiger partial charge on any atom is -0.319 e. The van der Waals surface area contributed by atoms with Crippen molar-refractivity contribution in [2.45, 2.75) is 52.9 Å². The van der Waals surface area contributed by atoms with Crippen LogP contribution >= 0.6 is 0 Å². The second-order valence-corrected chi connectivity index (χ2v) is 6.40. The Morgan fingerprint density at radius 1 is 1.29 bits per heavy atom. The molecule has 1 aliphatic rings. The maximum absolute atomic E-state index is 3.38. The molecule has 2 unspecified atom stereocenters. The molecule has 1 N–H and O–H groups in total. The van der Waals surface area contributed by atoms with Crippen molar-refractivity contribution >= 4 is 0 Å². The molecule has 0 amide bonds. The molecule has 0 spiro atoms. The molecule has 0 radical (unpaired) electrons. The third kappa shape index (κ3) is 5.39. The lowest BCUT2D eigenvalue weighted by molar-refractivity contribution is 0.154. The fourth-order valence-electron chi connectivity index (χ4n) is 3.27. The third-order valence-electron chi connectivity index (χ3n) is 4.17. The summed E-state index contributed by atoms with van der Waals surface area (Å²) in [6, 6.07) is 0. The van der Waals surface area contributed by atoms with Crippen LogP contribution in [0.2, 0.25) is 0 Å². The Morgan fingerprint density at radius 3 is 2.71 bits per heavy atom. The van der Waals surface area contributed by atoms with Gasteiger partial charge in [0.05, 0.1) is 0 Å². The predicted molar refractivity (Wildman–Crippen MR) is 76.4 cm³/mol. The highest BCUT2D eigenvalue weighted by Crippen LogP contribution is 2.26. The molecule has 0 aromatic rings. The molecule has 1 saturated heterocycles. The van der Waals surface area contributed by atoms with Gasteiger partial charge in [0.1, 0.15) is 0 Å². The average molecular weight is 240 g/mol. The maximum atomic E-state index is 3.38. The van der Waals surface area contributed by atoms with E-state index < -0.39 is 0 Å². The zero-order valence-electron chi connectivity index (χ0n) is 12.4. The summed E-state index contributed by atoms with van der Waals surface area (Å²) >= 11 is 0. The molecule has 17 heavy (non-hydrogen) atoms. The Hall–Kier alpha value is -0.0800. The van der Waals surface area contributed by atoms with Gasteiger partial charge in [-0.1, -0.05) is 27.2 Å². The number of hydrogen-bond acceptors (Lipinski definition) is 2. The zero-order chi connectivity index (χ0) is 12.7. The lowest BCUT2D eigenvalue weighted by Gasteiger charge is -2.35. The fourth-order valence-corrected chi connectivity index (χ4v) is 3.27. The standard InChI is InChI=1S/C15H32N2/c1-5-9-15(3,12-16-4)13-17-10-6-7-14(2)8-11-17/h14,16H,5-13H2,1-4H3. The molecule has 1 aliphatic heterocycles. The summed E-state index contributed by atoms with van der Waals surface area (Å²) < 4.78 is 0. The first kappa shape index (κ1) is 15.0. The van der Waals surface area contributed by atoms with Gasteiger partial charge >= 0.3 is 0 Å². The lowest BCUT2D eigenvalue weighted by Crippen LogP contribution is -2.42. The van der Waals surface area contributed by atoms with E-state index in [-0.39, 0.29) is 0 Å². The highest BCUT2D eigenvalue weighted by atomic mass is 15.1. The number of nitrogens with one attached hydrogen (secondary N) is 1. The Kier molecular flexibility index (Phi) is 6.50. The van der Waals surface area contributed by atoms with E-state index in [4.69, 9.17) is 0 Å². The maximum Gasteiger partial charge on any atom is 0.00475 e. The second kappa shape index (κ2) is 7.38. The summed E-state index contributed by atoms with van der Waals surface area (Å²) in [5, 5.41) is 3.38. The van der Waals surface area contributed by atoms with Crippen LogP contribution in [0.3, 0.4) is 0 Å². The Labute approximate surface area is 108 Å². The quantitative estimate of drug-likeness (QED) is 0.767. The van der Waals surface area contributed by atoms with Crippen molar-refractivity contribution in [3.05, 3.63) is 0 Å². The van der Waals surface area contributed by atoms with Crippen LogP contribution in [0.15, 0.2) is 0 Å². The molecule has 1 heterocycles. The van der Waals surface area contributed by atoms with Crippen molar-refractivity contribution in [3.63, 3.8) is 0 Å². The second-order valence-electron chi connectivity index (χ2n) is 6.40. The molecule has 0 bridgehead atoms. The molecule has 0 aromatic heterocycles. The zero-order valence-corrected chi connectivity index (χ0v) is 12.4. The monoisotopic (exact) mass is 240 g/mol. The minimum atomic E-state index is 0.455. The van der Waals surface area contributed by atoms with Gasteiger partial charge in [-0.2, -0.15) is 0 Å². The van der Waals surface area contributed by atoms with Gasteiger partial charge in [-0.15, -0.1) is 0 Å². The summed E-state index contributed by atoms with van der Waals surface area (Å²) in [4.78, 5) is 2.70. The topological polar surface area (TPSA) is 15.3 Å². The van der Waals surface area contributed by atoms with E-state index in [1.165, 1.54) is 51.7 Å². The minimum absolute atomic E-state index is 0.455. The number of nitrogens with zero attached hydrogens (tertiary/aromatic N) is 1. The first-order valence-electron chi connectivity index (χ1n) is 7.46. The first-order chi connectivity index (χ1) is 8.09. The van der Waals surface area contributed by atoms with Crippen molar-refractivity contribution < 1.29 is 0 Å². The highest BCUT2D eigenvalue weighted by Gasteiger charge is 2.26. The van der Waals surface area contributed by atoms with Crippen LogP contribution in [0.4, 0.5) is 0 Å². The Bertz CT molecular complexity index is 197. The number of rotatable bonds is 6. The molecule has 1 fully saturated rings. The van der Waals surface area contributed by atoms with Crippen LogP contribution in [0.1, 0.15) is 52.9 Å². The molecule has 2 atom stereocenters.